The largest absolute Gasteiger partial charge is 0.395 e. The van der Waals surface area contributed by atoms with Crippen molar-refractivity contribution in [1.82, 2.24) is 0 Å². The van der Waals surface area contributed by atoms with Crippen LogP contribution in [0.15, 0.2) is 29.2 Å². The Kier molecular flexibility index (Phi) is 5.29. The smallest absolute Gasteiger partial charge is 0.294 e. The highest BCUT2D eigenvalue weighted by molar-refractivity contribution is 7.91. The third kappa shape index (κ3) is 5.55. The topological polar surface area (TPSA) is 121 Å². The lowest BCUT2D eigenvalue weighted by molar-refractivity contribution is 0.319. The van der Waals surface area contributed by atoms with E-state index in [1.54, 1.807) is 6.07 Å². The molecule has 0 aliphatic carbocycles. The van der Waals surface area contributed by atoms with Gasteiger partial charge in [0.15, 0.2) is 9.84 Å². The van der Waals surface area contributed by atoms with E-state index >= 15 is 0 Å². The van der Waals surface area contributed by atoms with E-state index in [4.69, 9.17) is 9.66 Å². The Labute approximate surface area is 111 Å². The van der Waals surface area contributed by atoms with Crippen LogP contribution in [-0.4, -0.2) is 51.2 Å². The van der Waals surface area contributed by atoms with Gasteiger partial charge in [-0.15, -0.1) is 0 Å². The molecule has 108 valence electrons. The zero-order valence-corrected chi connectivity index (χ0v) is 11.6. The standard InChI is InChI=1S/C10H15NO6S2/c12-5-7-18(13,14)6-4-11-9-2-1-3-10(8-9)19(15,16)17/h1-3,8,11-12H,4-7H2,(H,15,16,17). The fourth-order valence-electron chi connectivity index (χ4n) is 1.36. The number of sulfone groups is 1. The number of benzene rings is 1. The quantitative estimate of drug-likeness (QED) is 0.594. The molecule has 0 bridgehead atoms. The van der Waals surface area contributed by atoms with Crippen molar-refractivity contribution in [2.75, 3.05) is 30.0 Å². The summed E-state index contributed by atoms with van der Waals surface area (Å²) in [5, 5.41) is 11.3. The van der Waals surface area contributed by atoms with Crippen molar-refractivity contribution in [3.63, 3.8) is 0 Å². The van der Waals surface area contributed by atoms with Crippen LogP contribution < -0.4 is 5.32 Å². The van der Waals surface area contributed by atoms with E-state index in [2.05, 4.69) is 5.32 Å². The summed E-state index contributed by atoms with van der Waals surface area (Å²) >= 11 is 0. The van der Waals surface area contributed by atoms with Crippen molar-refractivity contribution in [3.8, 4) is 0 Å². The number of hydrogen-bond donors (Lipinski definition) is 3. The lowest BCUT2D eigenvalue weighted by atomic mass is 10.3. The molecule has 0 aliphatic heterocycles. The van der Waals surface area contributed by atoms with Gasteiger partial charge in [0.1, 0.15) is 0 Å². The minimum atomic E-state index is -4.28. The van der Waals surface area contributed by atoms with Crippen molar-refractivity contribution < 1.29 is 26.5 Å². The monoisotopic (exact) mass is 309 g/mol. The molecule has 0 saturated heterocycles. The summed E-state index contributed by atoms with van der Waals surface area (Å²) in [7, 11) is -7.60. The minimum absolute atomic E-state index is 0.0806. The van der Waals surface area contributed by atoms with Crippen LogP contribution in [0.4, 0.5) is 5.69 Å². The maximum atomic E-state index is 11.3. The van der Waals surface area contributed by atoms with Gasteiger partial charge in [-0.1, -0.05) is 6.07 Å². The molecule has 1 aromatic carbocycles. The minimum Gasteiger partial charge on any atom is -0.395 e. The fourth-order valence-corrected chi connectivity index (χ4v) is 2.78. The number of aliphatic hydroxyl groups excluding tert-OH is 1. The summed E-state index contributed by atoms with van der Waals surface area (Å²) in [5.41, 5.74) is 0.384. The molecule has 19 heavy (non-hydrogen) atoms. The second kappa shape index (κ2) is 6.33. The molecule has 0 aliphatic rings. The molecule has 0 unspecified atom stereocenters. The van der Waals surface area contributed by atoms with Gasteiger partial charge in [-0.25, -0.2) is 8.42 Å². The molecule has 0 saturated carbocycles. The fraction of sp³-hybridized carbons (Fsp3) is 0.400. The molecule has 7 nitrogen and oxygen atoms in total. The van der Waals surface area contributed by atoms with Crippen LogP contribution in [0.2, 0.25) is 0 Å². The summed E-state index contributed by atoms with van der Waals surface area (Å²) in [5.74, 6) is -0.483. The maximum absolute atomic E-state index is 11.3. The number of rotatable bonds is 7. The summed E-state index contributed by atoms with van der Waals surface area (Å²) in [6, 6.07) is 5.40. The Bertz CT molecular complexity index is 623. The first-order chi connectivity index (χ1) is 8.74. The van der Waals surface area contributed by atoms with Crippen molar-refractivity contribution in [2.45, 2.75) is 4.90 Å². The molecule has 1 aromatic rings. The molecule has 0 heterocycles. The molecule has 0 amide bonds. The molecular formula is C10H15NO6S2. The van der Waals surface area contributed by atoms with E-state index in [-0.39, 0.29) is 22.9 Å². The Morgan fingerprint density at radius 1 is 1.11 bits per heavy atom. The molecule has 0 radical (unpaired) electrons. The first-order valence-electron chi connectivity index (χ1n) is 5.37. The van der Waals surface area contributed by atoms with Crippen LogP contribution in [0.1, 0.15) is 0 Å². The van der Waals surface area contributed by atoms with Gasteiger partial charge in [-0.3, -0.25) is 4.55 Å². The van der Waals surface area contributed by atoms with E-state index in [0.717, 1.165) is 0 Å². The van der Waals surface area contributed by atoms with Crippen molar-refractivity contribution in [3.05, 3.63) is 24.3 Å². The van der Waals surface area contributed by atoms with E-state index in [9.17, 15) is 16.8 Å². The van der Waals surface area contributed by atoms with Crippen molar-refractivity contribution >= 4 is 25.6 Å². The number of anilines is 1. The van der Waals surface area contributed by atoms with Gasteiger partial charge >= 0.3 is 0 Å². The van der Waals surface area contributed by atoms with Crippen LogP contribution in [-0.2, 0) is 20.0 Å². The summed E-state index contributed by atoms with van der Waals surface area (Å²) in [6.07, 6.45) is 0. The summed E-state index contributed by atoms with van der Waals surface area (Å²) < 4.78 is 53.3. The lowest BCUT2D eigenvalue weighted by Crippen LogP contribution is -2.20. The van der Waals surface area contributed by atoms with Gasteiger partial charge in [-0.2, -0.15) is 8.42 Å². The molecule has 0 aromatic heterocycles. The second-order valence-electron chi connectivity index (χ2n) is 3.81. The lowest BCUT2D eigenvalue weighted by Gasteiger charge is -2.07. The third-order valence-corrected chi connectivity index (χ3v) is 4.76. The molecule has 0 spiro atoms. The Balaban J connectivity index is 2.65. The zero-order chi connectivity index (χ0) is 14.5. The first-order valence-corrected chi connectivity index (χ1v) is 8.63. The van der Waals surface area contributed by atoms with E-state index in [1.165, 1.54) is 18.2 Å². The average molecular weight is 309 g/mol. The van der Waals surface area contributed by atoms with Gasteiger partial charge in [0.2, 0.25) is 0 Å². The third-order valence-electron chi connectivity index (χ3n) is 2.28. The zero-order valence-electron chi connectivity index (χ0n) is 9.98. The molecular weight excluding hydrogens is 294 g/mol. The van der Waals surface area contributed by atoms with Crippen LogP contribution >= 0.6 is 0 Å². The Hall–Kier alpha value is -1.16. The molecule has 9 heteroatoms. The normalized spacial score (nSPS) is 12.3. The highest BCUT2D eigenvalue weighted by atomic mass is 32.2. The SMILES string of the molecule is O=S(=O)(CCO)CCNc1cccc(S(=O)(=O)O)c1. The van der Waals surface area contributed by atoms with E-state index in [1.807, 2.05) is 0 Å². The average Bonchev–Trinajstić information content (AvgIpc) is 2.28. The summed E-state index contributed by atoms with van der Waals surface area (Å²) in [4.78, 5) is -0.268. The number of nitrogens with one attached hydrogen (secondary N) is 1. The molecule has 1 rings (SSSR count). The van der Waals surface area contributed by atoms with E-state index < -0.39 is 26.6 Å². The highest BCUT2D eigenvalue weighted by Gasteiger charge is 2.11. The maximum Gasteiger partial charge on any atom is 0.294 e. The summed E-state index contributed by atoms with van der Waals surface area (Å²) in [6.45, 7) is -0.349. The van der Waals surface area contributed by atoms with Gasteiger partial charge in [-0.05, 0) is 18.2 Å². The van der Waals surface area contributed by atoms with E-state index in [0.29, 0.717) is 5.69 Å². The van der Waals surface area contributed by atoms with Crippen molar-refractivity contribution in [1.29, 1.82) is 0 Å². The number of aliphatic hydroxyl groups is 1. The van der Waals surface area contributed by atoms with Gasteiger partial charge < -0.3 is 10.4 Å². The van der Waals surface area contributed by atoms with Crippen LogP contribution in [0.25, 0.3) is 0 Å². The number of hydrogen-bond acceptors (Lipinski definition) is 6. The Morgan fingerprint density at radius 2 is 1.79 bits per heavy atom. The van der Waals surface area contributed by atoms with Gasteiger partial charge in [0.05, 0.1) is 23.0 Å². The van der Waals surface area contributed by atoms with Crippen LogP contribution in [0.5, 0.6) is 0 Å². The molecule has 0 atom stereocenters. The highest BCUT2D eigenvalue weighted by Crippen LogP contribution is 2.14. The van der Waals surface area contributed by atoms with Gasteiger partial charge in [0.25, 0.3) is 10.1 Å². The van der Waals surface area contributed by atoms with Gasteiger partial charge in [0, 0.05) is 12.2 Å². The predicted octanol–water partition coefficient (Wildman–Crippen LogP) is -0.248. The molecule has 3 N–H and O–H groups in total. The van der Waals surface area contributed by atoms with Crippen LogP contribution in [0, 0.1) is 0 Å². The predicted molar refractivity (Wildman–Crippen MR) is 70.5 cm³/mol. The molecule has 0 fully saturated rings. The second-order valence-corrected chi connectivity index (χ2v) is 7.53. The Morgan fingerprint density at radius 3 is 2.37 bits per heavy atom. The first kappa shape index (κ1) is 15.9. The van der Waals surface area contributed by atoms with Crippen LogP contribution in [0.3, 0.4) is 0 Å². The van der Waals surface area contributed by atoms with Crippen molar-refractivity contribution in [2.24, 2.45) is 0 Å².